The van der Waals surface area contributed by atoms with E-state index in [0.29, 0.717) is 0 Å². The molecule has 0 radical (unpaired) electrons. The molecule has 0 unspecified atom stereocenters. The van der Waals surface area contributed by atoms with Crippen molar-refractivity contribution >= 4 is 0 Å². The predicted octanol–water partition coefficient (Wildman–Crippen LogP) is 4.72. The van der Waals surface area contributed by atoms with Crippen molar-refractivity contribution in [2.24, 2.45) is 0 Å². The second-order valence-corrected chi connectivity index (χ2v) is 6.02. The molecule has 194 valence electrons. The van der Waals surface area contributed by atoms with Crippen LogP contribution in [0.3, 0.4) is 0 Å². The summed E-state index contributed by atoms with van der Waals surface area (Å²) in [6.07, 6.45) is -12.2. The summed E-state index contributed by atoms with van der Waals surface area (Å²) in [7, 11) is 0. The van der Waals surface area contributed by atoms with Crippen molar-refractivity contribution in [2.75, 3.05) is 26.6 Å². The predicted molar refractivity (Wildman–Crippen MR) is 69.3 cm³/mol. The molecule has 3 nitrogen and oxygen atoms in total. The van der Waals surface area contributed by atoms with Crippen molar-refractivity contribution in [1.29, 1.82) is 0 Å². The number of hydrogen-bond acceptors (Lipinski definition) is 3. The van der Waals surface area contributed by atoms with E-state index in [4.69, 9.17) is 5.11 Å². The third-order valence-electron chi connectivity index (χ3n) is 3.53. The molecular formula is C13H12F16O3. The average Bonchev–Trinajstić information content (AvgIpc) is 2.68. The smallest absolute Gasteiger partial charge is 0.380 e. The lowest BCUT2D eigenvalue weighted by Crippen LogP contribution is -2.60. The molecule has 2 atom stereocenters. The first-order chi connectivity index (χ1) is 14.1. The van der Waals surface area contributed by atoms with Crippen LogP contribution in [0.1, 0.15) is 0 Å². The third-order valence-corrected chi connectivity index (χ3v) is 3.53. The molecule has 0 saturated heterocycles. The van der Waals surface area contributed by atoms with Gasteiger partial charge in [-0.2, -0.15) is 52.7 Å². The van der Waals surface area contributed by atoms with Crippen molar-refractivity contribution in [2.45, 2.75) is 54.4 Å². The molecule has 0 aromatic rings. The van der Waals surface area contributed by atoms with Crippen molar-refractivity contribution < 1.29 is 84.8 Å². The van der Waals surface area contributed by atoms with Gasteiger partial charge in [0.15, 0.2) is 13.3 Å². The van der Waals surface area contributed by atoms with E-state index in [0.717, 1.165) is 0 Å². The van der Waals surface area contributed by atoms with Crippen LogP contribution in [0.2, 0.25) is 0 Å². The Balaban J connectivity index is 5.04. The molecule has 1 N–H and O–H groups in total. The fourth-order valence-electron chi connectivity index (χ4n) is 1.59. The molecule has 0 rings (SSSR count). The number of aliphatic hydroxyl groups is 1. The maximum absolute atomic E-state index is 13.1. The zero-order valence-electron chi connectivity index (χ0n) is 14.9. The molecule has 0 aliphatic heterocycles. The highest BCUT2D eigenvalue weighted by molar-refractivity contribution is 4.99. The van der Waals surface area contributed by atoms with Gasteiger partial charge in [0.25, 0.3) is 12.7 Å². The lowest BCUT2D eigenvalue weighted by atomic mass is 10.1. The van der Waals surface area contributed by atoms with E-state index >= 15 is 0 Å². The van der Waals surface area contributed by atoms with Crippen molar-refractivity contribution in [3.05, 3.63) is 0 Å². The maximum Gasteiger partial charge on any atom is 0.380 e. The summed E-state index contributed by atoms with van der Waals surface area (Å²) in [4.78, 5) is 0. The Morgan fingerprint density at radius 2 is 0.812 bits per heavy atom. The fraction of sp³-hybridized carbons (Fsp3) is 1.00. The summed E-state index contributed by atoms with van der Waals surface area (Å²) < 4.78 is 211. The molecule has 0 amide bonds. The van der Waals surface area contributed by atoms with Crippen LogP contribution in [0.5, 0.6) is 0 Å². The minimum absolute atomic E-state index is 2.04. The molecule has 19 heteroatoms. The van der Waals surface area contributed by atoms with Crippen LogP contribution < -0.4 is 0 Å². The lowest BCUT2D eigenvalue weighted by molar-refractivity contribution is -0.361. The summed E-state index contributed by atoms with van der Waals surface area (Å²) in [6, 6.07) is 0. The number of alkyl halides is 16. The van der Waals surface area contributed by atoms with Crippen molar-refractivity contribution in [3.8, 4) is 0 Å². The Hall–Kier alpha value is -1.24. The van der Waals surface area contributed by atoms with Gasteiger partial charge in [0.2, 0.25) is 0 Å². The van der Waals surface area contributed by atoms with Crippen molar-refractivity contribution in [1.82, 2.24) is 0 Å². The minimum atomic E-state index is -6.69. The van der Waals surface area contributed by atoms with Crippen LogP contribution in [0.25, 0.3) is 0 Å². The van der Waals surface area contributed by atoms with E-state index < -0.39 is 80.9 Å². The number of rotatable bonds is 14. The minimum Gasteiger partial charge on any atom is -0.388 e. The van der Waals surface area contributed by atoms with Gasteiger partial charge in [-0.05, 0) is 0 Å². The standard InChI is InChI=1S/C13H12F16O3/c14-3-8(18,19)12(26,27)10(22,23)6(16)31-1-5(30)2-32-7(17)11(24,25)13(28,29)9(20,21)4-15/h5-7,30H,1-4H2/t6-,7-/m1/s1. The Bertz CT molecular complexity index is 548. The molecule has 0 aliphatic rings. The first-order valence-corrected chi connectivity index (χ1v) is 7.65. The highest BCUT2D eigenvalue weighted by Gasteiger charge is 2.76. The summed E-state index contributed by atoms with van der Waals surface area (Å²) in [5, 5.41) is 9.03. The van der Waals surface area contributed by atoms with Gasteiger partial charge in [-0.1, -0.05) is 0 Å². The van der Waals surface area contributed by atoms with Crippen LogP contribution in [0.4, 0.5) is 70.2 Å². The zero-order valence-corrected chi connectivity index (χ0v) is 14.9. The van der Waals surface area contributed by atoms with E-state index in [2.05, 4.69) is 9.47 Å². The van der Waals surface area contributed by atoms with Gasteiger partial charge in [-0.25, -0.2) is 17.6 Å². The Morgan fingerprint density at radius 3 is 1.03 bits per heavy atom. The molecule has 32 heavy (non-hydrogen) atoms. The SMILES string of the molecule is OC(CO[C@@H](F)C(F)(F)C(F)(F)C(F)(F)CF)CO[C@@H](F)C(F)(F)C(F)(F)C(F)(F)CF. The van der Waals surface area contributed by atoms with Crippen LogP contribution >= 0.6 is 0 Å². The highest BCUT2D eigenvalue weighted by atomic mass is 19.4. The highest BCUT2D eigenvalue weighted by Crippen LogP contribution is 2.49. The van der Waals surface area contributed by atoms with E-state index in [1.54, 1.807) is 0 Å². The van der Waals surface area contributed by atoms with E-state index in [-0.39, 0.29) is 0 Å². The van der Waals surface area contributed by atoms with E-state index in [1.807, 2.05) is 0 Å². The number of halogens is 16. The maximum atomic E-state index is 13.1. The summed E-state index contributed by atoms with van der Waals surface area (Å²) in [6.45, 7) is -10.8. The third kappa shape index (κ3) is 5.63. The van der Waals surface area contributed by atoms with E-state index in [9.17, 15) is 70.2 Å². The van der Waals surface area contributed by atoms with E-state index in [1.165, 1.54) is 0 Å². The van der Waals surface area contributed by atoms with Crippen LogP contribution in [-0.4, -0.2) is 86.0 Å². The average molecular weight is 520 g/mol. The van der Waals surface area contributed by atoms with Gasteiger partial charge in [0.05, 0.1) is 13.2 Å². The molecule has 0 spiro atoms. The molecule has 0 aliphatic carbocycles. The molecular weight excluding hydrogens is 508 g/mol. The topological polar surface area (TPSA) is 38.7 Å². The number of ether oxygens (including phenoxy) is 2. The summed E-state index contributed by atoms with van der Waals surface area (Å²) in [5.74, 6) is -38.4. The van der Waals surface area contributed by atoms with Gasteiger partial charge in [-0.15, -0.1) is 0 Å². The van der Waals surface area contributed by atoms with Crippen LogP contribution in [0.15, 0.2) is 0 Å². The molecule has 0 aromatic heterocycles. The first-order valence-electron chi connectivity index (χ1n) is 7.65. The zero-order chi connectivity index (χ0) is 26.0. The monoisotopic (exact) mass is 520 g/mol. The second kappa shape index (κ2) is 9.94. The van der Waals surface area contributed by atoms with Crippen LogP contribution in [0, 0.1) is 0 Å². The van der Waals surface area contributed by atoms with Gasteiger partial charge in [-0.3, -0.25) is 0 Å². The first kappa shape index (κ1) is 30.8. The summed E-state index contributed by atoms with van der Waals surface area (Å²) >= 11 is 0. The summed E-state index contributed by atoms with van der Waals surface area (Å²) in [5.41, 5.74) is 0. The molecule has 0 heterocycles. The normalized spacial score (nSPS) is 17.1. The largest absolute Gasteiger partial charge is 0.388 e. The quantitative estimate of drug-likeness (QED) is 0.337. The fourth-order valence-corrected chi connectivity index (χ4v) is 1.59. The Labute approximate surface area is 167 Å². The molecule has 0 saturated carbocycles. The van der Waals surface area contributed by atoms with Gasteiger partial charge >= 0.3 is 35.5 Å². The van der Waals surface area contributed by atoms with Crippen LogP contribution in [-0.2, 0) is 9.47 Å². The van der Waals surface area contributed by atoms with Gasteiger partial charge in [0, 0.05) is 0 Å². The second-order valence-electron chi connectivity index (χ2n) is 6.02. The van der Waals surface area contributed by atoms with Gasteiger partial charge < -0.3 is 14.6 Å². The molecule has 0 aromatic carbocycles. The van der Waals surface area contributed by atoms with Gasteiger partial charge in [0.1, 0.15) is 6.10 Å². The molecule has 0 fully saturated rings. The Morgan fingerprint density at radius 1 is 0.562 bits per heavy atom. The van der Waals surface area contributed by atoms with Crippen molar-refractivity contribution in [3.63, 3.8) is 0 Å². The number of hydrogen-bond donors (Lipinski definition) is 1. The molecule has 0 bridgehead atoms. The Kier molecular flexibility index (Phi) is 9.56. The lowest BCUT2D eigenvalue weighted by Gasteiger charge is -2.33. The number of aliphatic hydroxyl groups excluding tert-OH is 1.